The first kappa shape index (κ1) is 19.1. The topological polar surface area (TPSA) is 102 Å². The summed E-state index contributed by atoms with van der Waals surface area (Å²) in [6.07, 6.45) is 5.18. The molecule has 2 fully saturated rings. The average Bonchev–Trinajstić information content (AvgIpc) is 3.17. The minimum atomic E-state index is -3.58. The van der Waals surface area contributed by atoms with Gasteiger partial charge in [0.25, 0.3) is 0 Å². The second kappa shape index (κ2) is 7.94. The predicted octanol–water partition coefficient (Wildman–Crippen LogP) is 1.94. The van der Waals surface area contributed by atoms with Crippen molar-refractivity contribution in [2.75, 3.05) is 25.5 Å². The van der Waals surface area contributed by atoms with Crippen LogP contribution in [0.4, 0.5) is 5.69 Å². The molecular formula is C18H27N3O4S. The molecule has 2 atom stereocenters. The van der Waals surface area contributed by atoms with Crippen molar-refractivity contribution in [2.45, 2.75) is 49.5 Å². The highest BCUT2D eigenvalue weighted by atomic mass is 32.2. The molecule has 0 radical (unpaired) electrons. The number of anilines is 1. The lowest BCUT2D eigenvalue weighted by Gasteiger charge is -2.25. The fourth-order valence-corrected chi connectivity index (χ4v) is 5.39. The van der Waals surface area contributed by atoms with Crippen LogP contribution < -0.4 is 15.8 Å². The van der Waals surface area contributed by atoms with Crippen LogP contribution in [0.1, 0.15) is 38.5 Å². The zero-order valence-corrected chi connectivity index (χ0v) is 15.9. The summed E-state index contributed by atoms with van der Waals surface area (Å²) in [5.74, 6) is 0.0742. The predicted molar refractivity (Wildman–Crippen MR) is 99.5 cm³/mol. The Kier molecular flexibility index (Phi) is 5.84. The van der Waals surface area contributed by atoms with E-state index in [0.717, 1.165) is 32.1 Å². The minimum Gasteiger partial charge on any atom is -0.495 e. The number of methoxy groups -OCH3 is 1. The Hall–Kier alpha value is -1.64. The molecule has 8 heteroatoms. The van der Waals surface area contributed by atoms with Crippen LogP contribution in [-0.4, -0.2) is 44.9 Å². The van der Waals surface area contributed by atoms with Crippen molar-refractivity contribution in [1.29, 1.82) is 0 Å². The van der Waals surface area contributed by atoms with Crippen molar-refractivity contribution < 1.29 is 17.9 Å². The average molecular weight is 381 g/mol. The van der Waals surface area contributed by atoms with Gasteiger partial charge in [0.05, 0.1) is 7.11 Å². The largest absolute Gasteiger partial charge is 0.495 e. The van der Waals surface area contributed by atoms with Crippen molar-refractivity contribution in [3.8, 4) is 5.75 Å². The Morgan fingerprint density at radius 1 is 1.23 bits per heavy atom. The highest BCUT2D eigenvalue weighted by Gasteiger charge is 2.30. The summed E-state index contributed by atoms with van der Waals surface area (Å²) in [7, 11) is -2.14. The van der Waals surface area contributed by atoms with Crippen LogP contribution >= 0.6 is 0 Å². The maximum atomic E-state index is 12.8. The summed E-state index contributed by atoms with van der Waals surface area (Å²) in [6.45, 7) is 1.07. The van der Waals surface area contributed by atoms with Crippen LogP contribution in [0.5, 0.6) is 5.75 Å². The third-order valence-corrected chi connectivity index (χ3v) is 7.14. The molecule has 7 nitrogen and oxygen atoms in total. The van der Waals surface area contributed by atoms with Crippen molar-refractivity contribution >= 4 is 21.6 Å². The molecular weight excluding hydrogens is 354 g/mol. The van der Waals surface area contributed by atoms with Gasteiger partial charge in [-0.2, -0.15) is 4.31 Å². The van der Waals surface area contributed by atoms with Gasteiger partial charge in [-0.3, -0.25) is 4.79 Å². The summed E-state index contributed by atoms with van der Waals surface area (Å²) in [4.78, 5) is 12.6. The number of nitrogens with one attached hydrogen (secondary N) is 1. The van der Waals surface area contributed by atoms with Crippen molar-refractivity contribution in [1.82, 2.24) is 4.31 Å². The molecule has 0 aromatic heterocycles. The Morgan fingerprint density at radius 3 is 2.62 bits per heavy atom. The number of amides is 1. The van der Waals surface area contributed by atoms with Crippen LogP contribution in [0.15, 0.2) is 23.1 Å². The number of nitrogens with two attached hydrogens (primary N) is 1. The van der Waals surface area contributed by atoms with Crippen LogP contribution in [0, 0.1) is 5.92 Å². The van der Waals surface area contributed by atoms with Crippen molar-refractivity contribution in [3.05, 3.63) is 18.2 Å². The first-order valence-corrected chi connectivity index (χ1v) is 10.6. The quantitative estimate of drug-likeness (QED) is 0.811. The van der Waals surface area contributed by atoms with E-state index in [4.69, 9.17) is 10.5 Å². The molecule has 1 amide bonds. The van der Waals surface area contributed by atoms with Gasteiger partial charge in [0.1, 0.15) is 10.6 Å². The molecule has 1 aromatic carbocycles. The van der Waals surface area contributed by atoms with Gasteiger partial charge in [-0.25, -0.2) is 8.42 Å². The van der Waals surface area contributed by atoms with E-state index in [1.54, 1.807) is 12.1 Å². The van der Waals surface area contributed by atoms with Crippen LogP contribution in [0.3, 0.4) is 0 Å². The molecule has 1 aliphatic carbocycles. The van der Waals surface area contributed by atoms with E-state index < -0.39 is 10.0 Å². The second-order valence-corrected chi connectivity index (χ2v) is 9.00. The Labute approximate surface area is 154 Å². The lowest BCUT2D eigenvalue weighted by atomic mass is 9.85. The lowest BCUT2D eigenvalue weighted by Crippen LogP contribution is -2.34. The van der Waals surface area contributed by atoms with Crippen LogP contribution in [0.2, 0.25) is 0 Å². The first-order valence-electron chi connectivity index (χ1n) is 9.16. The molecule has 3 N–H and O–H groups in total. The maximum absolute atomic E-state index is 12.8. The number of carbonyl (C=O) groups excluding carboxylic acids is 1. The van der Waals surface area contributed by atoms with E-state index >= 15 is 0 Å². The van der Waals surface area contributed by atoms with E-state index in [1.165, 1.54) is 17.5 Å². The maximum Gasteiger partial charge on any atom is 0.246 e. The molecule has 2 unspecified atom stereocenters. The Balaban J connectivity index is 1.77. The fourth-order valence-electron chi connectivity index (χ4n) is 3.74. The normalized spacial score (nSPS) is 24.4. The number of nitrogens with zero attached hydrogens (tertiary/aromatic N) is 1. The van der Waals surface area contributed by atoms with Gasteiger partial charge in [-0.05, 0) is 44.2 Å². The summed E-state index contributed by atoms with van der Waals surface area (Å²) in [5.41, 5.74) is 6.49. The van der Waals surface area contributed by atoms with E-state index in [0.29, 0.717) is 25.2 Å². The second-order valence-electron chi connectivity index (χ2n) is 7.09. The SMILES string of the molecule is COc1cc(NC(=O)C2CCCC(N)C2)ccc1S(=O)(=O)N1CCCC1. The molecule has 144 valence electrons. The summed E-state index contributed by atoms with van der Waals surface area (Å²) in [5, 5.41) is 2.87. The fraction of sp³-hybridized carbons (Fsp3) is 0.611. The van der Waals surface area contributed by atoms with Crippen LogP contribution in [-0.2, 0) is 14.8 Å². The Bertz CT molecular complexity index is 760. The molecule has 26 heavy (non-hydrogen) atoms. The smallest absolute Gasteiger partial charge is 0.246 e. The van der Waals surface area contributed by atoms with E-state index in [1.807, 2.05) is 0 Å². The lowest BCUT2D eigenvalue weighted by molar-refractivity contribution is -0.120. The van der Waals surface area contributed by atoms with Gasteiger partial charge in [0, 0.05) is 36.8 Å². The first-order chi connectivity index (χ1) is 12.4. The number of benzene rings is 1. The van der Waals surface area contributed by atoms with Gasteiger partial charge in [-0.1, -0.05) is 6.42 Å². The number of sulfonamides is 1. The van der Waals surface area contributed by atoms with Gasteiger partial charge in [0.15, 0.2) is 0 Å². The number of carbonyl (C=O) groups is 1. The highest BCUT2D eigenvalue weighted by molar-refractivity contribution is 7.89. The van der Waals surface area contributed by atoms with E-state index in [2.05, 4.69) is 5.32 Å². The summed E-state index contributed by atoms with van der Waals surface area (Å²) >= 11 is 0. The van der Waals surface area contributed by atoms with Gasteiger partial charge < -0.3 is 15.8 Å². The molecule has 1 heterocycles. The van der Waals surface area contributed by atoms with Crippen molar-refractivity contribution in [3.63, 3.8) is 0 Å². The van der Waals surface area contributed by atoms with Crippen molar-refractivity contribution in [2.24, 2.45) is 11.7 Å². The third-order valence-electron chi connectivity index (χ3n) is 5.20. The number of rotatable bonds is 5. The number of hydrogen-bond donors (Lipinski definition) is 2. The van der Waals surface area contributed by atoms with E-state index in [9.17, 15) is 13.2 Å². The van der Waals surface area contributed by atoms with Gasteiger partial charge in [-0.15, -0.1) is 0 Å². The molecule has 2 aliphatic rings. The Morgan fingerprint density at radius 2 is 1.96 bits per heavy atom. The summed E-state index contributed by atoms with van der Waals surface area (Å²) in [6, 6.07) is 4.77. The standard InChI is InChI=1S/C18H27N3O4S/c1-25-16-12-15(20-18(22)13-5-4-6-14(19)11-13)7-8-17(16)26(23,24)21-9-2-3-10-21/h7-8,12-14H,2-6,9-11,19H2,1H3,(H,20,22). The molecule has 0 spiro atoms. The minimum absolute atomic E-state index is 0.0713. The molecule has 1 saturated carbocycles. The molecule has 1 saturated heterocycles. The molecule has 3 rings (SSSR count). The number of ether oxygens (including phenoxy) is 1. The molecule has 0 bridgehead atoms. The monoisotopic (exact) mass is 381 g/mol. The van der Waals surface area contributed by atoms with E-state index in [-0.39, 0.29) is 28.5 Å². The zero-order chi connectivity index (χ0) is 18.7. The van der Waals surface area contributed by atoms with Gasteiger partial charge >= 0.3 is 0 Å². The zero-order valence-electron chi connectivity index (χ0n) is 15.1. The summed E-state index contributed by atoms with van der Waals surface area (Å²) < 4.78 is 32.3. The number of hydrogen-bond acceptors (Lipinski definition) is 5. The molecule has 1 aliphatic heterocycles. The third kappa shape index (κ3) is 4.02. The molecule has 1 aromatic rings. The highest BCUT2D eigenvalue weighted by Crippen LogP contribution is 2.32. The van der Waals surface area contributed by atoms with Crippen LogP contribution in [0.25, 0.3) is 0 Å². The van der Waals surface area contributed by atoms with Gasteiger partial charge in [0.2, 0.25) is 15.9 Å².